The molecule has 3 N–H and O–H groups in total. The van der Waals surface area contributed by atoms with Crippen LogP contribution in [0.3, 0.4) is 0 Å². The van der Waals surface area contributed by atoms with Crippen molar-refractivity contribution >= 4 is 23.5 Å². The molecule has 44 heavy (non-hydrogen) atoms. The molecular formula is C35H32O9. The molecule has 0 unspecified atom stereocenters. The topological polar surface area (TPSA) is 147 Å². The lowest BCUT2D eigenvalue weighted by Crippen LogP contribution is -2.22. The predicted octanol–water partition coefficient (Wildman–Crippen LogP) is 6.61. The van der Waals surface area contributed by atoms with E-state index < -0.39 is 57.4 Å². The van der Waals surface area contributed by atoms with Crippen molar-refractivity contribution in [1.29, 1.82) is 0 Å². The molecule has 4 aromatic carbocycles. The molecule has 0 bridgehead atoms. The van der Waals surface area contributed by atoms with E-state index in [1.807, 2.05) is 0 Å². The first-order valence-electron chi connectivity index (χ1n) is 14.2. The van der Waals surface area contributed by atoms with Gasteiger partial charge in [0.05, 0.1) is 28.9 Å². The van der Waals surface area contributed by atoms with Crippen LogP contribution in [0, 0.1) is 0 Å². The zero-order valence-corrected chi connectivity index (χ0v) is 24.1. The number of benzene rings is 4. The molecule has 0 radical (unpaired) electrons. The number of hydrogen-bond acceptors (Lipinski definition) is 9. The van der Waals surface area contributed by atoms with Crippen molar-refractivity contribution in [2.75, 3.05) is 6.61 Å². The van der Waals surface area contributed by atoms with Gasteiger partial charge in [-0.25, -0.2) is 9.59 Å². The van der Waals surface area contributed by atoms with Crippen LogP contribution in [0.2, 0.25) is 0 Å². The van der Waals surface area contributed by atoms with Gasteiger partial charge in [0.15, 0.2) is 23.1 Å². The van der Waals surface area contributed by atoms with Gasteiger partial charge >= 0.3 is 11.9 Å². The number of ether oxygens (including phenoxy) is 2. The van der Waals surface area contributed by atoms with E-state index in [4.69, 9.17) is 9.47 Å². The molecule has 0 spiro atoms. The monoisotopic (exact) mass is 596 g/mol. The first kappa shape index (κ1) is 31.5. The van der Waals surface area contributed by atoms with E-state index in [9.17, 15) is 34.5 Å². The summed E-state index contributed by atoms with van der Waals surface area (Å²) in [6, 6.07) is 20.4. The van der Waals surface area contributed by atoms with Crippen molar-refractivity contribution < 1.29 is 44.0 Å². The number of unbranched alkanes of at least 4 members (excludes halogenated alkanes) is 4. The summed E-state index contributed by atoms with van der Waals surface area (Å²) in [6.07, 6.45) is 4.22. The van der Waals surface area contributed by atoms with E-state index in [0.717, 1.165) is 31.7 Å². The molecule has 0 saturated heterocycles. The Morgan fingerprint density at radius 1 is 0.591 bits per heavy atom. The van der Waals surface area contributed by atoms with Crippen LogP contribution in [0.1, 0.15) is 91.6 Å². The molecule has 9 nitrogen and oxygen atoms in total. The van der Waals surface area contributed by atoms with E-state index in [0.29, 0.717) is 6.42 Å². The summed E-state index contributed by atoms with van der Waals surface area (Å²) >= 11 is 0. The summed E-state index contributed by atoms with van der Waals surface area (Å²) in [5, 5.41) is 32.4. The van der Waals surface area contributed by atoms with E-state index in [2.05, 4.69) is 6.92 Å². The first-order chi connectivity index (χ1) is 21.2. The molecule has 0 aliphatic heterocycles. The second-order valence-electron chi connectivity index (χ2n) is 10.0. The number of carbonyl (C=O) groups is 4. The van der Waals surface area contributed by atoms with Gasteiger partial charge in [-0.3, -0.25) is 9.59 Å². The third-order valence-electron chi connectivity index (χ3n) is 6.89. The molecule has 0 aromatic heterocycles. The van der Waals surface area contributed by atoms with Crippen LogP contribution in [-0.2, 0) is 4.74 Å². The SMILES string of the molecule is CCCCCCCOC(=O)c1c(C(=O)c2ccccc2)c(O)c(O)c(OC(=O)c2ccccc2)c1C(=O)c1cccc(O)c1. The Hall–Kier alpha value is -5.44. The van der Waals surface area contributed by atoms with E-state index in [1.165, 1.54) is 42.5 Å². The van der Waals surface area contributed by atoms with Crippen LogP contribution in [0.15, 0.2) is 84.9 Å². The Bertz CT molecular complexity index is 1660. The highest BCUT2D eigenvalue weighted by molar-refractivity contribution is 6.24. The minimum absolute atomic E-state index is 0.0422. The van der Waals surface area contributed by atoms with Gasteiger partial charge in [-0.1, -0.05) is 93.3 Å². The Morgan fingerprint density at radius 2 is 1.18 bits per heavy atom. The molecule has 4 aromatic rings. The summed E-state index contributed by atoms with van der Waals surface area (Å²) in [6.45, 7) is 2.01. The maximum Gasteiger partial charge on any atom is 0.343 e. The zero-order chi connectivity index (χ0) is 31.6. The van der Waals surface area contributed by atoms with Crippen LogP contribution in [0.4, 0.5) is 0 Å². The normalized spacial score (nSPS) is 10.7. The molecule has 0 aliphatic carbocycles. The number of phenols is 3. The van der Waals surface area contributed by atoms with Crippen LogP contribution in [0.25, 0.3) is 0 Å². The summed E-state index contributed by atoms with van der Waals surface area (Å²) in [5.41, 5.74) is -2.15. The number of rotatable bonds is 13. The summed E-state index contributed by atoms with van der Waals surface area (Å²) in [4.78, 5) is 54.7. The third kappa shape index (κ3) is 7.12. The Labute approximate surface area is 254 Å². The van der Waals surface area contributed by atoms with Crippen LogP contribution >= 0.6 is 0 Å². The number of carbonyl (C=O) groups excluding carboxylic acids is 4. The van der Waals surface area contributed by atoms with Crippen molar-refractivity contribution in [2.45, 2.75) is 39.0 Å². The van der Waals surface area contributed by atoms with Gasteiger partial charge in [-0.15, -0.1) is 0 Å². The lowest BCUT2D eigenvalue weighted by Gasteiger charge is -2.20. The van der Waals surface area contributed by atoms with Gasteiger partial charge in [-0.2, -0.15) is 0 Å². The Morgan fingerprint density at radius 3 is 1.82 bits per heavy atom. The Kier molecular flexibility index (Phi) is 10.5. The van der Waals surface area contributed by atoms with Gasteiger partial charge in [0, 0.05) is 11.1 Å². The predicted molar refractivity (Wildman–Crippen MR) is 162 cm³/mol. The fourth-order valence-corrected chi connectivity index (χ4v) is 4.64. The molecule has 0 heterocycles. The molecule has 226 valence electrons. The van der Waals surface area contributed by atoms with Gasteiger partial charge in [0.1, 0.15) is 5.75 Å². The van der Waals surface area contributed by atoms with Gasteiger partial charge < -0.3 is 24.8 Å². The molecule has 0 aliphatic rings. The molecule has 9 heteroatoms. The van der Waals surface area contributed by atoms with Gasteiger partial charge in [0.2, 0.25) is 5.75 Å². The average Bonchev–Trinajstić information content (AvgIpc) is 3.04. The van der Waals surface area contributed by atoms with Crippen molar-refractivity contribution in [3.05, 3.63) is 118 Å². The number of hydrogen-bond donors (Lipinski definition) is 3. The van der Waals surface area contributed by atoms with Crippen molar-refractivity contribution in [3.63, 3.8) is 0 Å². The van der Waals surface area contributed by atoms with E-state index in [-0.39, 0.29) is 29.0 Å². The number of esters is 2. The second kappa shape index (κ2) is 14.6. The first-order valence-corrected chi connectivity index (χ1v) is 14.2. The highest BCUT2D eigenvalue weighted by Crippen LogP contribution is 2.46. The smallest absolute Gasteiger partial charge is 0.343 e. The van der Waals surface area contributed by atoms with Crippen molar-refractivity contribution in [3.8, 4) is 23.0 Å². The molecule has 0 saturated carbocycles. The molecule has 4 rings (SSSR count). The van der Waals surface area contributed by atoms with Crippen LogP contribution in [0.5, 0.6) is 23.0 Å². The lowest BCUT2D eigenvalue weighted by atomic mass is 9.88. The van der Waals surface area contributed by atoms with Crippen molar-refractivity contribution in [2.24, 2.45) is 0 Å². The molecule has 0 amide bonds. The highest BCUT2D eigenvalue weighted by atomic mass is 16.5. The quantitative estimate of drug-likeness (QED) is 0.0510. The van der Waals surface area contributed by atoms with Crippen LogP contribution in [-0.4, -0.2) is 45.4 Å². The summed E-state index contributed by atoms with van der Waals surface area (Å²) < 4.78 is 11.0. The Balaban J connectivity index is 1.94. The average molecular weight is 597 g/mol. The minimum Gasteiger partial charge on any atom is -0.508 e. The van der Waals surface area contributed by atoms with Gasteiger partial charge in [-0.05, 0) is 30.7 Å². The van der Waals surface area contributed by atoms with E-state index >= 15 is 0 Å². The highest BCUT2D eigenvalue weighted by Gasteiger charge is 2.37. The second-order valence-corrected chi connectivity index (χ2v) is 10.0. The molecule has 0 atom stereocenters. The molecule has 0 fully saturated rings. The molecular weight excluding hydrogens is 564 g/mol. The number of ketones is 2. The third-order valence-corrected chi connectivity index (χ3v) is 6.89. The standard InChI is InChI=1S/C35H32O9/c1-2-3-4-5-12-20-43-35(42)26-27(29(37)22-14-8-6-9-15-22)31(39)32(40)33(44-34(41)23-16-10-7-11-17-23)28(26)30(38)24-18-13-19-25(36)21-24/h6-11,13-19,21,36,39-40H,2-5,12,20H2,1H3. The number of phenolic OH excluding ortho intramolecular Hbond substituents is 3. The van der Waals surface area contributed by atoms with Crippen molar-refractivity contribution in [1.82, 2.24) is 0 Å². The zero-order valence-electron chi connectivity index (χ0n) is 24.1. The minimum atomic E-state index is -1.14. The maximum atomic E-state index is 14.1. The van der Waals surface area contributed by atoms with Gasteiger partial charge in [0.25, 0.3) is 0 Å². The van der Waals surface area contributed by atoms with Crippen LogP contribution < -0.4 is 4.74 Å². The summed E-state index contributed by atoms with van der Waals surface area (Å²) in [7, 11) is 0. The largest absolute Gasteiger partial charge is 0.508 e. The maximum absolute atomic E-state index is 14.1. The summed E-state index contributed by atoms with van der Waals surface area (Å²) in [5.74, 6) is -7.32. The van der Waals surface area contributed by atoms with E-state index in [1.54, 1.807) is 36.4 Å². The lowest BCUT2D eigenvalue weighted by molar-refractivity contribution is 0.0489. The fraction of sp³-hybridized carbons (Fsp3) is 0.200. The fourth-order valence-electron chi connectivity index (χ4n) is 4.64. The number of aromatic hydroxyl groups is 3.